The summed E-state index contributed by atoms with van der Waals surface area (Å²) in [6.45, 7) is 3.47. The summed E-state index contributed by atoms with van der Waals surface area (Å²) in [5.74, 6) is -0.717. The van der Waals surface area contributed by atoms with Crippen molar-refractivity contribution in [2.24, 2.45) is 0 Å². The molecule has 0 atom stereocenters. The van der Waals surface area contributed by atoms with Crippen molar-refractivity contribution in [3.05, 3.63) is 59.9 Å². The van der Waals surface area contributed by atoms with Crippen LogP contribution in [0.4, 0.5) is 24.5 Å². The highest BCUT2D eigenvalue weighted by atomic mass is 19.4. The van der Waals surface area contributed by atoms with Gasteiger partial charge in [0.15, 0.2) is 17.8 Å². The van der Waals surface area contributed by atoms with Crippen LogP contribution in [0.25, 0.3) is 11.3 Å². The third-order valence-corrected chi connectivity index (χ3v) is 3.90. The van der Waals surface area contributed by atoms with Crippen LogP contribution in [0.5, 0.6) is 0 Å². The molecule has 28 heavy (non-hydrogen) atoms. The van der Waals surface area contributed by atoms with Crippen molar-refractivity contribution >= 4 is 17.3 Å². The average Bonchev–Trinajstić information content (AvgIpc) is 3.13. The smallest absolute Gasteiger partial charge is 0.416 e. The molecule has 0 aliphatic rings. The van der Waals surface area contributed by atoms with Crippen molar-refractivity contribution in [2.45, 2.75) is 20.0 Å². The molecule has 0 bridgehead atoms. The number of hydrogen-bond donors (Lipinski definition) is 1. The fraction of sp³-hybridized carbons (Fsp3) is 0.211. The van der Waals surface area contributed by atoms with Crippen molar-refractivity contribution < 1.29 is 27.1 Å². The number of nitrogens with zero attached hydrogens (tertiary/aromatic N) is 2. The van der Waals surface area contributed by atoms with E-state index in [-0.39, 0.29) is 29.3 Å². The van der Waals surface area contributed by atoms with Crippen molar-refractivity contribution in [2.75, 3.05) is 11.9 Å². The van der Waals surface area contributed by atoms with Crippen LogP contribution in [0.1, 0.15) is 28.7 Å². The molecular weight excluding hydrogens is 375 g/mol. The Bertz CT molecular complexity index is 999. The maximum absolute atomic E-state index is 13.2. The number of oxazole rings is 1. The van der Waals surface area contributed by atoms with Gasteiger partial charge in [-0.3, -0.25) is 4.98 Å². The zero-order chi connectivity index (χ0) is 20.3. The molecular formula is C19H16F3N3O3. The van der Waals surface area contributed by atoms with Gasteiger partial charge >= 0.3 is 12.1 Å². The number of ether oxygens (including phenoxy) is 1. The van der Waals surface area contributed by atoms with Crippen LogP contribution in [-0.4, -0.2) is 22.5 Å². The number of aromatic nitrogens is 2. The first kappa shape index (κ1) is 19.4. The minimum Gasteiger partial charge on any atom is -0.461 e. The SMILES string of the molecule is CCOC(=O)c1ncoc1-c1ccc(C(F)(F)F)cc1Nc1cccnc1C. The predicted octanol–water partition coefficient (Wildman–Crippen LogP) is 4.98. The molecule has 0 saturated heterocycles. The Hall–Kier alpha value is -3.36. The van der Waals surface area contributed by atoms with Gasteiger partial charge in [0.05, 0.1) is 29.2 Å². The van der Waals surface area contributed by atoms with E-state index in [1.165, 1.54) is 6.07 Å². The van der Waals surface area contributed by atoms with Crippen LogP contribution < -0.4 is 5.32 Å². The molecule has 0 amide bonds. The second-order valence-electron chi connectivity index (χ2n) is 5.77. The molecule has 0 radical (unpaired) electrons. The summed E-state index contributed by atoms with van der Waals surface area (Å²) in [6, 6.07) is 6.41. The third kappa shape index (κ3) is 3.98. The second-order valence-corrected chi connectivity index (χ2v) is 5.77. The lowest BCUT2D eigenvalue weighted by Crippen LogP contribution is -2.08. The summed E-state index contributed by atoms with van der Waals surface area (Å²) in [5, 5.41) is 2.94. The number of rotatable bonds is 5. The molecule has 1 N–H and O–H groups in total. The molecule has 2 heterocycles. The Kier molecular flexibility index (Phi) is 5.34. The molecule has 0 saturated carbocycles. The summed E-state index contributed by atoms with van der Waals surface area (Å²) in [7, 11) is 0. The number of halogens is 3. The quantitative estimate of drug-likeness (QED) is 0.618. The van der Waals surface area contributed by atoms with Gasteiger partial charge in [-0.25, -0.2) is 9.78 Å². The highest BCUT2D eigenvalue weighted by Gasteiger charge is 2.32. The molecule has 9 heteroatoms. The Morgan fingerprint density at radius 2 is 2.00 bits per heavy atom. The lowest BCUT2D eigenvalue weighted by molar-refractivity contribution is -0.137. The standard InChI is InChI=1S/C19H16F3N3O3/c1-3-27-18(26)16-17(28-10-24-16)13-7-6-12(19(20,21)22)9-15(13)25-14-5-4-8-23-11(14)2/h4-10,25H,3H2,1-2H3. The highest BCUT2D eigenvalue weighted by Crippen LogP contribution is 2.38. The Balaban J connectivity index is 2.13. The average molecular weight is 391 g/mol. The molecule has 0 fully saturated rings. The maximum Gasteiger partial charge on any atom is 0.416 e. The summed E-state index contributed by atoms with van der Waals surface area (Å²) in [4.78, 5) is 20.1. The molecule has 3 rings (SSSR count). The van der Waals surface area contributed by atoms with Crippen molar-refractivity contribution in [3.63, 3.8) is 0 Å². The van der Waals surface area contributed by atoms with Crippen molar-refractivity contribution in [1.29, 1.82) is 0 Å². The molecule has 6 nitrogen and oxygen atoms in total. The normalized spacial score (nSPS) is 11.3. The van der Waals surface area contributed by atoms with Crippen molar-refractivity contribution in [3.8, 4) is 11.3 Å². The van der Waals surface area contributed by atoms with E-state index >= 15 is 0 Å². The number of hydrogen-bond acceptors (Lipinski definition) is 6. The number of carbonyl (C=O) groups excluding carboxylic acids is 1. The van der Waals surface area contributed by atoms with Gasteiger partial charge in [0.1, 0.15) is 0 Å². The van der Waals surface area contributed by atoms with Crippen LogP contribution in [-0.2, 0) is 10.9 Å². The molecule has 0 aliphatic heterocycles. The number of esters is 1. The first-order valence-electron chi connectivity index (χ1n) is 8.32. The van der Waals surface area contributed by atoms with Gasteiger partial charge in [-0.2, -0.15) is 13.2 Å². The molecule has 146 valence electrons. The van der Waals surface area contributed by atoms with Gasteiger partial charge in [-0.1, -0.05) is 0 Å². The number of aryl methyl sites for hydroxylation is 1. The minimum atomic E-state index is -4.54. The highest BCUT2D eigenvalue weighted by molar-refractivity contribution is 5.96. The van der Waals surface area contributed by atoms with E-state index in [0.29, 0.717) is 11.4 Å². The van der Waals surface area contributed by atoms with E-state index in [1.807, 2.05) is 0 Å². The molecule has 0 aliphatic carbocycles. The van der Waals surface area contributed by atoms with E-state index < -0.39 is 17.7 Å². The summed E-state index contributed by atoms with van der Waals surface area (Å²) < 4.78 is 49.9. The zero-order valence-corrected chi connectivity index (χ0v) is 15.0. The van der Waals surface area contributed by atoms with Crippen LogP contribution in [0.3, 0.4) is 0 Å². The van der Waals surface area contributed by atoms with E-state index in [4.69, 9.17) is 9.15 Å². The number of nitrogens with one attached hydrogen (secondary N) is 1. The van der Waals surface area contributed by atoms with E-state index in [0.717, 1.165) is 18.5 Å². The number of benzene rings is 1. The predicted molar refractivity (Wildman–Crippen MR) is 95.2 cm³/mol. The maximum atomic E-state index is 13.2. The summed E-state index contributed by atoms with van der Waals surface area (Å²) >= 11 is 0. The van der Waals surface area contributed by atoms with Gasteiger partial charge in [0.25, 0.3) is 0 Å². The van der Waals surface area contributed by atoms with Crippen LogP contribution >= 0.6 is 0 Å². The van der Waals surface area contributed by atoms with Gasteiger partial charge < -0.3 is 14.5 Å². The summed E-state index contributed by atoms with van der Waals surface area (Å²) in [6.07, 6.45) is -1.93. The van der Waals surface area contributed by atoms with Crippen LogP contribution in [0.15, 0.2) is 47.3 Å². The Morgan fingerprint density at radius 1 is 1.21 bits per heavy atom. The first-order chi connectivity index (χ1) is 13.3. The van der Waals surface area contributed by atoms with Gasteiger partial charge in [0, 0.05) is 11.8 Å². The first-order valence-corrected chi connectivity index (χ1v) is 8.32. The van der Waals surface area contributed by atoms with E-state index in [9.17, 15) is 18.0 Å². The summed E-state index contributed by atoms with van der Waals surface area (Å²) in [5.41, 5.74) is 0.462. The third-order valence-electron chi connectivity index (χ3n) is 3.90. The topological polar surface area (TPSA) is 77.2 Å². The second kappa shape index (κ2) is 7.71. The lowest BCUT2D eigenvalue weighted by Gasteiger charge is -2.15. The van der Waals surface area contributed by atoms with Gasteiger partial charge in [-0.05, 0) is 44.2 Å². The molecule has 0 unspecified atom stereocenters. The monoisotopic (exact) mass is 391 g/mol. The number of carbonyl (C=O) groups is 1. The number of pyridine rings is 1. The fourth-order valence-electron chi connectivity index (χ4n) is 2.57. The zero-order valence-electron chi connectivity index (χ0n) is 15.0. The molecule has 2 aromatic heterocycles. The van der Waals surface area contributed by atoms with Gasteiger partial charge in [-0.15, -0.1) is 0 Å². The number of anilines is 2. The lowest BCUT2D eigenvalue weighted by atomic mass is 10.0. The van der Waals surface area contributed by atoms with Crippen molar-refractivity contribution in [1.82, 2.24) is 9.97 Å². The minimum absolute atomic E-state index is 0.0104. The van der Waals surface area contributed by atoms with Crippen LogP contribution in [0.2, 0.25) is 0 Å². The Labute approximate surface area is 158 Å². The van der Waals surface area contributed by atoms with Crippen LogP contribution in [0, 0.1) is 6.92 Å². The van der Waals surface area contributed by atoms with E-state index in [1.54, 1.807) is 32.2 Å². The largest absolute Gasteiger partial charge is 0.461 e. The molecule has 3 aromatic rings. The molecule has 0 spiro atoms. The molecule has 1 aromatic carbocycles. The Morgan fingerprint density at radius 3 is 2.68 bits per heavy atom. The van der Waals surface area contributed by atoms with E-state index in [2.05, 4.69) is 15.3 Å². The van der Waals surface area contributed by atoms with Gasteiger partial charge in [0.2, 0.25) is 0 Å². The number of alkyl halides is 3. The fourth-order valence-corrected chi connectivity index (χ4v) is 2.57.